The van der Waals surface area contributed by atoms with Crippen molar-refractivity contribution in [3.05, 3.63) is 23.8 Å². The van der Waals surface area contributed by atoms with Crippen LogP contribution in [-0.2, 0) is 4.79 Å². The van der Waals surface area contributed by atoms with Gasteiger partial charge < -0.3 is 20.1 Å². The molecule has 3 rings (SSSR count). The molecule has 1 aliphatic heterocycles. The van der Waals surface area contributed by atoms with Gasteiger partial charge in [-0.3, -0.25) is 4.79 Å². The van der Waals surface area contributed by atoms with E-state index in [1.54, 1.807) is 11.8 Å². The zero-order valence-electron chi connectivity index (χ0n) is 13.2. The summed E-state index contributed by atoms with van der Waals surface area (Å²) in [5.41, 5.74) is 1.89. The number of rotatable bonds is 3. The summed E-state index contributed by atoms with van der Waals surface area (Å²) < 4.78 is 0. The largest absolute Gasteiger partial charge is 0.388 e. The zero-order chi connectivity index (χ0) is 16.6. The van der Waals surface area contributed by atoms with E-state index in [-0.39, 0.29) is 18.2 Å². The summed E-state index contributed by atoms with van der Waals surface area (Å²) in [4.78, 5) is 21.5. The third-order valence-electron chi connectivity index (χ3n) is 4.30. The molecule has 1 aromatic carbocycles. The average molecular weight is 335 g/mol. The maximum Gasteiger partial charge on any atom is 0.233 e. The smallest absolute Gasteiger partial charge is 0.233 e. The number of nitrogens with zero attached hydrogens (tertiary/aromatic N) is 2. The monoisotopic (exact) mass is 335 g/mol. The molecule has 7 heteroatoms. The van der Waals surface area contributed by atoms with Crippen LogP contribution in [0.3, 0.4) is 0 Å². The molecule has 1 saturated heterocycles. The molecule has 1 fully saturated rings. The van der Waals surface area contributed by atoms with E-state index in [0.717, 1.165) is 16.6 Å². The molecule has 23 heavy (non-hydrogen) atoms. The maximum absolute atomic E-state index is 12.3. The number of β-amino-alcohol motifs (C(OH)–C–C–N with tert-alkyl or cyclic N) is 1. The number of aromatic nitrogens is 2. The predicted molar refractivity (Wildman–Crippen MR) is 89.4 cm³/mol. The van der Waals surface area contributed by atoms with E-state index in [4.69, 9.17) is 0 Å². The van der Waals surface area contributed by atoms with Gasteiger partial charge in [0.15, 0.2) is 5.16 Å². The Bertz CT molecular complexity index is 728. The highest BCUT2D eigenvalue weighted by Gasteiger charge is 2.37. The molecule has 0 radical (unpaired) electrons. The average Bonchev–Trinajstić information content (AvgIpc) is 2.89. The van der Waals surface area contributed by atoms with Gasteiger partial charge in [0, 0.05) is 13.1 Å². The highest BCUT2D eigenvalue weighted by atomic mass is 32.2. The number of amides is 1. The van der Waals surface area contributed by atoms with Gasteiger partial charge in [-0.2, -0.15) is 0 Å². The van der Waals surface area contributed by atoms with Gasteiger partial charge in [0.1, 0.15) is 0 Å². The number of likely N-dealkylation sites (tertiary alicyclic amines) is 1. The van der Waals surface area contributed by atoms with Crippen molar-refractivity contribution >= 4 is 28.7 Å². The van der Waals surface area contributed by atoms with Crippen molar-refractivity contribution in [3.8, 4) is 0 Å². The molecule has 6 nitrogen and oxygen atoms in total. The minimum Gasteiger partial charge on any atom is -0.388 e. The van der Waals surface area contributed by atoms with E-state index in [1.165, 1.54) is 11.8 Å². The number of aliphatic hydroxyl groups excluding tert-OH is 1. The van der Waals surface area contributed by atoms with Gasteiger partial charge in [-0.05, 0) is 38.0 Å². The molecule has 0 bridgehead atoms. The van der Waals surface area contributed by atoms with E-state index >= 15 is 0 Å². The van der Waals surface area contributed by atoms with Crippen LogP contribution < -0.4 is 0 Å². The second-order valence-electron chi connectivity index (χ2n) is 6.31. The predicted octanol–water partition coefficient (Wildman–Crippen LogP) is 1.31. The number of aliphatic hydroxyl groups is 2. The number of aryl methyl sites for hydroxylation is 1. The molecule has 0 spiro atoms. The second-order valence-corrected chi connectivity index (χ2v) is 7.28. The highest BCUT2D eigenvalue weighted by molar-refractivity contribution is 7.99. The lowest BCUT2D eigenvalue weighted by Gasteiger charge is -2.39. The van der Waals surface area contributed by atoms with Gasteiger partial charge in [-0.15, -0.1) is 0 Å². The molecule has 1 amide bonds. The molecule has 2 aromatic rings. The summed E-state index contributed by atoms with van der Waals surface area (Å²) in [5.74, 6) is 0.203. The van der Waals surface area contributed by atoms with E-state index in [0.29, 0.717) is 18.1 Å². The molecule has 1 aromatic heterocycles. The summed E-state index contributed by atoms with van der Waals surface area (Å²) in [6, 6.07) is 5.98. The normalized spacial score (nSPS) is 25.0. The Morgan fingerprint density at radius 1 is 1.57 bits per heavy atom. The number of benzene rings is 1. The van der Waals surface area contributed by atoms with E-state index in [1.807, 2.05) is 25.1 Å². The molecule has 124 valence electrons. The third-order valence-corrected chi connectivity index (χ3v) is 5.16. The third kappa shape index (κ3) is 3.52. The number of aromatic amines is 1. The summed E-state index contributed by atoms with van der Waals surface area (Å²) in [5, 5.41) is 20.6. The first kappa shape index (κ1) is 16.3. The van der Waals surface area contributed by atoms with Gasteiger partial charge in [0.25, 0.3) is 0 Å². The minimum atomic E-state index is -1.11. The molecule has 1 aliphatic rings. The zero-order valence-corrected chi connectivity index (χ0v) is 14.1. The first-order valence-electron chi connectivity index (χ1n) is 7.62. The van der Waals surface area contributed by atoms with E-state index < -0.39 is 11.7 Å². The van der Waals surface area contributed by atoms with Crippen LogP contribution in [0.4, 0.5) is 0 Å². The van der Waals surface area contributed by atoms with Gasteiger partial charge in [-0.25, -0.2) is 4.98 Å². The number of carbonyl (C=O) groups excluding carboxylic acids is 1. The fourth-order valence-corrected chi connectivity index (χ4v) is 3.43. The second kappa shape index (κ2) is 6.14. The fourth-order valence-electron chi connectivity index (χ4n) is 2.64. The summed E-state index contributed by atoms with van der Waals surface area (Å²) in [6.07, 6.45) is -0.520. The van der Waals surface area contributed by atoms with Gasteiger partial charge in [-0.1, -0.05) is 17.8 Å². The number of carbonyl (C=O) groups is 1. The van der Waals surface area contributed by atoms with Crippen LogP contribution in [-0.4, -0.2) is 61.5 Å². The topological polar surface area (TPSA) is 89.5 Å². The lowest BCUT2D eigenvalue weighted by atomic mass is 9.91. The van der Waals surface area contributed by atoms with Crippen molar-refractivity contribution in [1.82, 2.24) is 14.9 Å². The van der Waals surface area contributed by atoms with Crippen LogP contribution in [0, 0.1) is 6.92 Å². The maximum atomic E-state index is 12.3. The van der Waals surface area contributed by atoms with Gasteiger partial charge in [0.2, 0.25) is 5.91 Å². The van der Waals surface area contributed by atoms with Gasteiger partial charge >= 0.3 is 0 Å². The van der Waals surface area contributed by atoms with Crippen LogP contribution in [0.15, 0.2) is 23.4 Å². The Labute approximate surface area is 138 Å². The Kier molecular flexibility index (Phi) is 4.35. The van der Waals surface area contributed by atoms with E-state index in [9.17, 15) is 15.0 Å². The van der Waals surface area contributed by atoms with Crippen molar-refractivity contribution in [2.24, 2.45) is 0 Å². The van der Waals surface area contributed by atoms with Crippen molar-refractivity contribution < 1.29 is 15.0 Å². The van der Waals surface area contributed by atoms with Crippen LogP contribution >= 0.6 is 11.8 Å². The Morgan fingerprint density at radius 3 is 3.09 bits per heavy atom. The molecular formula is C16H21N3O3S. The number of imidazole rings is 1. The first-order valence-corrected chi connectivity index (χ1v) is 8.61. The van der Waals surface area contributed by atoms with Crippen molar-refractivity contribution in [2.75, 3.05) is 18.8 Å². The lowest BCUT2D eigenvalue weighted by molar-refractivity contribution is -0.143. The highest BCUT2D eigenvalue weighted by Crippen LogP contribution is 2.24. The summed E-state index contributed by atoms with van der Waals surface area (Å²) >= 11 is 1.35. The molecule has 0 unspecified atom stereocenters. The van der Waals surface area contributed by atoms with Crippen LogP contribution in [0.2, 0.25) is 0 Å². The quantitative estimate of drug-likeness (QED) is 0.736. The SMILES string of the molecule is Cc1ccc2nc(SCC(=O)N3CC[C@@](C)(O)[C@H](O)C3)[nH]c2c1. The molecule has 3 N–H and O–H groups in total. The van der Waals surface area contributed by atoms with Crippen molar-refractivity contribution in [2.45, 2.75) is 37.1 Å². The lowest BCUT2D eigenvalue weighted by Crippen LogP contribution is -2.55. The Balaban J connectivity index is 1.60. The molecule has 0 saturated carbocycles. The number of H-pyrrole nitrogens is 1. The van der Waals surface area contributed by atoms with Crippen LogP contribution in [0.25, 0.3) is 11.0 Å². The summed E-state index contributed by atoms with van der Waals surface area (Å²) in [7, 11) is 0. The standard InChI is InChI=1S/C16H21N3O3S/c1-10-3-4-11-12(7-10)18-15(17-11)23-9-14(21)19-6-5-16(2,22)13(20)8-19/h3-4,7,13,20,22H,5-6,8-9H2,1-2H3,(H,17,18)/t13-,16-/m1/s1. The number of fused-ring (bicyclic) bond motifs is 1. The first-order chi connectivity index (χ1) is 10.8. The van der Waals surface area contributed by atoms with Crippen LogP contribution in [0.1, 0.15) is 18.9 Å². The molecule has 2 heterocycles. The Hall–Kier alpha value is -1.57. The molecule has 2 atom stereocenters. The number of nitrogens with one attached hydrogen (secondary N) is 1. The Morgan fingerprint density at radius 2 is 2.35 bits per heavy atom. The number of thioether (sulfide) groups is 1. The minimum absolute atomic E-state index is 0.0545. The molecule has 0 aliphatic carbocycles. The number of piperidine rings is 1. The van der Waals surface area contributed by atoms with Crippen molar-refractivity contribution in [1.29, 1.82) is 0 Å². The molecular weight excluding hydrogens is 314 g/mol. The van der Waals surface area contributed by atoms with Crippen molar-refractivity contribution in [3.63, 3.8) is 0 Å². The van der Waals surface area contributed by atoms with Crippen LogP contribution in [0.5, 0.6) is 0 Å². The summed E-state index contributed by atoms with van der Waals surface area (Å²) in [6.45, 7) is 4.26. The fraction of sp³-hybridized carbons (Fsp3) is 0.500. The number of hydrogen-bond donors (Lipinski definition) is 3. The number of hydrogen-bond acceptors (Lipinski definition) is 5. The van der Waals surface area contributed by atoms with Gasteiger partial charge in [0.05, 0.1) is 28.5 Å². The van der Waals surface area contributed by atoms with E-state index in [2.05, 4.69) is 9.97 Å².